The Balaban J connectivity index is 1.89. The molecule has 1 saturated heterocycles. The van der Waals surface area contributed by atoms with Crippen LogP contribution in [-0.2, 0) is 17.6 Å². The number of carbonyl (C=O) groups excluding carboxylic acids is 1. The number of nitrogens with zero attached hydrogens (tertiary/aromatic N) is 1. The average Bonchev–Trinajstić information content (AvgIpc) is 3.08. The van der Waals surface area contributed by atoms with E-state index in [1.54, 1.807) is 0 Å². The molecule has 1 aromatic rings. The largest absolute Gasteiger partial charge is 0.426 e. The van der Waals surface area contributed by atoms with E-state index in [9.17, 15) is 4.79 Å². The third-order valence-corrected chi connectivity index (χ3v) is 5.08. The third kappa shape index (κ3) is 1.68. The first-order chi connectivity index (χ1) is 9.75. The summed E-state index contributed by atoms with van der Waals surface area (Å²) in [5, 5.41) is 0. The van der Waals surface area contributed by atoms with Gasteiger partial charge in [0, 0.05) is 30.4 Å². The highest BCUT2D eigenvalue weighted by atomic mass is 16.5. The zero-order valence-corrected chi connectivity index (χ0v) is 12.1. The van der Waals surface area contributed by atoms with Crippen LogP contribution < -0.4 is 9.64 Å². The Morgan fingerprint density at radius 1 is 1.10 bits per heavy atom. The summed E-state index contributed by atoms with van der Waals surface area (Å²) in [7, 11) is 0. The topological polar surface area (TPSA) is 29.5 Å². The van der Waals surface area contributed by atoms with Gasteiger partial charge in [-0.2, -0.15) is 0 Å². The Hall–Kier alpha value is -1.51. The van der Waals surface area contributed by atoms with Crippen LogP contribution in [0.1, 0.15) is 55.2 Å². The number of fused-ring (bicyclic) bond motifs is 3. The summed E-state index contributed by atoms with van der Waals surface area (Å²) in [6.45, 7) is 4.28. The standard InChI is InChI=1S/C17H21NO2/c1-11-16-13-7-3-2-6-12(13)14(18-8-4-5-9-18)10-15(16)20-17(11)19/h10-11H,2-9H2,1H3. The molecule has 20 heavy (non-hydrogen) atoms. The van der Waals surface area contributed by atoms with Gasteiger partial charge in [0.15, 0.2) is 0 Å². The van der Waals surface area contributed by atoms with Crippen LogP contribution in [0.25, 0.3) is 0 Å². The van der Waals surface area contributed by atoms with Gasteiger partial charge in [0.1, 0.15) is 5.75 Å². The fraction of sp³-hybridized carbons (Fsp3) is 0.588. The highest BCUT2D eigenvalue weighted by Crippen LogP contribution is 2.45. The predicted molar refractivity (Wildman–Crippen MR) is 78.6 cm³/mol. The molecule has 3 nitrogen and oxygen atoms in total. The molecule has 0 saturated carbocycles. The number of benzene rings is 1. The van der Waals surface area contributed by atoms with Crippen molar-refractivity contribution < 1.29 is 9.53 Å². The molecule has 106 valence electrons. The lowest BCUT2D eigenvalue weighted by Gasteiger charge is -2.28. The van der Waals surface area contributed by atoms with Gasteiger partial charge in [-0.3, -0.25) is 4.79 Å². The van der Waals surface area contributed by atoms with Gasteiger partial charge in [-0.1, -0.05) is 0 Å². The van der Waals surface area contributed by atoms with Crippen LogP contribution in [0.3, 0.4) is 0 Å². The monoisotopic (exact) mass is 271 g/mol. The summed E-state index contributed by atoms with van der Waals surface area (Å²) in [5.74, 6) is 0.681. The van der Waals surface area contributed by atoms with Gasteiger partial charge >= 0.3 is 5.97 Å². The number of carbonyl (C=O) groups is 1. The van der Waals surface area contributed by atoms with E-state index in [-0.39, 0.29) is 11.9 Å². The van der Waals surface area contributed by atoms with Crippen molar-refractivity contribution >= 4 is 11.7 Å². The number of esters is 1. The van der Waals surface area contributed by atoms with Crippen molar-refractivity contribution in [1.29, 1.82) is 0 Å². The number of hydrogen-bond donors (Lipinski definition) is 0. The molecule has 1 unspecified atom stereocenters. The van der Waals surface area contributed by atoms with Gasteiger partial charge in [-0.25, -0.2) is 0 Å². The molecule has 2 aliphatic heterocycles. The fourth-order valence-electron chi connectivity index (χ4n) is 4.04. The Kier molecular flexibility index (Phi) is 2.76. The second kappa shape index (κ2) is 4.51. The second-order valence-corrected chi connectivity index (χ2v) is 6.31. The van der Waals surface area contributed by atoms with E-state index in [1.165, 1.54) is 48.1 Å². The molecule has 2 heterocycles. The van der Waals surface area contributed by atoms with E-state index in [0.29, 0.717) is 0 Å². The highest BCUT2D eigenvalue weighted by molar-refractivity contribution is 5.88. The lowest BCUT2D eigenvalue weighted by atomic mass is 9.83. The fourth-order valence-corrected chi connectivity index (χ4v) is 4.04. The van der Waals surface area contributed by atoms with Crippen LogP contribution in [0.4, 0.5) is 5.69 Å². The third-order valence-electron chi connectivity index (χ3n) is 5.08. The van der Waals surface area contributed by atoms with Crippen LogP contribution in [0.2, 0.25) is 0 Å². The summed E-state index contributed by atoms with van der Waals surface area (Å²) in [6, 6.07) is 2.15. The number of rotatable bonds is 1. The zero-order chi connectivity index (χ0) is 13.7. The van der Waals surface area contributed by atoms with E-state index in [4.69, 9.17) is 4.74 Å². The quantitative estimate of drug-likeness (QED) is 0.580. The predicted octanol–water partition coefficient (Wildman–Crippen LogP) is 3.19. The van der Waals surface area contributed by atoms with Gasteiger partial charge in [-0.05, 0) is 56.6 Å². The van der Waals surface area contributed by atoms with Gasteiger partial charge in [0.05, 0.1) is 5.92 Å². The summed E-state index contributed by atoms with van der Waals surface area (Å²) in [5.41, 5.74) is 5.46. The second-order valence-electron chi connectivity index (χ2n) is 6.31. The van der Waals surface area contributed by atoms with Crippen LogP contribution in [0.15, 0.2) is 6.07 Å². The summed E-state index contributed by atoms with van der Waals surface area (Å²) in [4.78, 5) is 14.4. The molecule has 0 spiro atoms. The van der Waals surface area contributed by atoms with Gasteiger partial charge < -0.3 is 9.64 Å². The summed E-state index contributed by atoms with van der Waals surface area (Å²) < 4.78 is 5.52. The first kappa shape index (κ1) is 12.2. The Morgan fingerprint density at radius 2 is 1.80 bits per heavy atom. The average molecular weight is 271 g/mol. The highest BCUT2D eigenvalue weighted by Gasteiger charge is 2.35. The van der Waals surface area contributed by atoms with Gasteiger partial charge in [-0.15, -0.1) is 0 Å². The first-order valence-corrected chi connectivity index (χ1v) is 7.91. The molecule has 1 aromatic carbocycles. The van der Waals surface area contributed by atoms with Gasteiger partial charge in [0.25, 0.3) is 0 Å². The molecule has 0 amide bonds. The Bertz CT molecular complexity index is 573. The molecule has 3 heteroatoms. The molecule has 3 aliphatic rings. The maximum atomic E-state index is 11.9. The molecule has 1 aliphatic carbocycles. The maximum absolute atomic E-state index is 11.9. The van der Waals surface area contributed by atoms with Crippen LogP contribution >= 0.6 is 0 Å². The van der Waals surface area contributed by atoms with Crippen molar-refractivity contribution in [3.05, 3.63) is 22.8 Å². The number of ether oxygens (including phenoxy) is 1. The van der Waals surface area contributed by atoms with E-state index in [1.807, 2.05) is 6.92 Å². The molecule has 4 rings (SSSR count). The van der Waals surface area contributed by atoms with Crippen LogP contribution in [0, 0.1) is 0 Å². The summed E-state index contributed by atoms with van der Waals surface area (Å²) >= 11 is 0. The van der Waals surface area contributed by atoms with Crippen molar-refractivity contribution in [1.82, 2.24) is 0 Å². The number of hydrogen-bond acceptors (Lipinski definition) is 3. The molecular formula is C17H21NO2. The van der Waals surface area contributed by atoms with E-state index in [0.717, 1.165) is 31.7 Å². The lowest BCUT2D eigenvalue weighted by Crippen LogP contribution is -2.21. The molecular weight excluding hydrogens is 250 g/mol. The van der Waals surface area contributed by atoms with E-state index < -0.39 is 0 Å². The van der Waals surface area contributed by atoms with Crippen molar-refractivity contribution in [3.63, 3.8) is 0 Å². The molecule has 0 bridgehead atoms. The normalized spacial score (nSPS) is 24.6. The first-order valence-electron chi connectivity index (χ1n) is 7.91. The molecule has 1 fully saturated rings. The number of anilines is 1. The van der Waals surface area contributed by atoms with E-state index >= 15 is 0 Å². The molecule has 1 atom stereocenters. The molecule has 0 radical (unpaired) electrons. The minimum Gasteiger partial charge on any atom is -0.426 e. The maximum Gasteiger partial charge on any atom is 0.318 e. The smallest absolute Gasteiger partial charge is 0.318 e. The van der Waals surface area contributed by atoms with Crippen molar-refractivity contribution in [2.75, 3.05) is 18.0 Å². The zero-order valence-electron chi connectivity index (χ0n) is 12.1. The van der Waals surface area contributed by atoms with Crippen LogP contribution in [0.5, 0.6) is 5.75 Å². The Morgan fingerprint density at radius 3 is 2.55 bits per heavy atom. The SMILES string of the molecule is CC1C(=O)Oc2cc(N3CCCC3)c3c(c21)CCCC3. The Labute approximate surface area is 119 Å². The van der Waals surface area contributed by atoms with E-state index in [2.05, 4.69) is 11.0 Å². The lowest BCUT2D eigenvalue weighted by molar-refractivity contribution is -0.133. The van der Waals surface area contributed by atoms with Crippen molar-refractivity contribution in [2.45, 2.75) is 51.4 Å². The minimum absolute atomic E-state index is 0.0775. The molecule has 0 aromatic heterocycles. The van der Waals surface area contributed by atoms with Crippen molar-refractivity contribution in [3.8, 4) is 5.75 Å². The van der Waals surface area contributed by atoms with Crippen LogP contribution in [-0.4, -0.2) is 19.1 Å². The summed E-state index contributed by atoms with van der Waals surface area (Å²) in [6.07, 6.45) is 7.35. The van der Waals surface area contributed by atoms with Crippen molar-refractivity contribution in [2.24, 2.45) is 0 Å². The minimum atomic E-state index is -0.0792. The molecule has 0 N–H and O–H groups in total. The van der Waals surface area contributed by atoms with Gasteiger partial charge in [0.2, 0.25) is 0 Å².